The van der Waals surface area contributed by atoms with E-state index in [0.29, 0.717) is 11.7 Å². The van der Waals surface area contributed by atoms with Crippen LogP contribution in [0.1, 0.15) is 42.0 Å². The number of nitrogens with zero attached hydrogens (tertiary/aromatic N) is 1. The molecule has 0 unspecified atom stereocenters. The molecule has 3 nitrogen and oxygen atoms in total. The second-order valence-corrected chi connectivity index (χ2v) is 3.65. The molecular formula is C11H14N2O. The molecule has 1 aromatic rings. The van der Waals surface area contributed by atoms with E-state index in [9.17, 15) is 4.79 Å². The zero-order valence-corrected chi connectivity index (χ0v) is 8.29. The second-order valence-electron chi connectivity index (χ2n) is 3.65. The fourth-order valence-electron chi connectivity index (χ4n) is 1.78. The van der Waals surface area contributed by atoms with Gasteiger partial charge in [0.2, 0.25) is 0 Å². The molecule has 1 fully saturated rings. The van der Waals surface area contributed by atoms with E-state index in [2.05, 4.69) is 10.3 Å². The van der Waals surface area contributed by atoms with Gasteiger partial charge < -0.3 is 5.32 Å². The maximum Gasteiger partial charge on any atom is 0.178 e. The number of aromatic nitrogens is 1. The van der Waals surface area contributed by atoms with E-state index in [4.69, 9.17) is 0 Å². The lowest BCUT2D eigenvalue weighted by molar-refractivity contribution is 0.101. The Morgan fingerprint density at radius 2 is 2.43 bits per heavy atom. The summed E-state index contributed by atoms with van der Waals surface area (Å²) in [7, 11) is 0. The first-order chi connectivity index (χ1) is 6.77. The topological polar surface area (TPSA) is 42.0 Å². The van der Waals surface area contributed by atoms with E-state index in [1.54, 1.807) is 13.0 Å². The third-order valence-corrected chi connectivity index (χ3v) is 2.55. The Hall–Kier alpha value is -1.22. The van der Waals surface area contributed by atoms with Gasteiger partial charge in [-0.15, -0.1) is 0 Å². The minimum absolute atomic E-state index is 0.0323. The van der Waals surface area contributed by atoms with Gasteiger partial charge in [0.15, 0.2) is 5.78 Å². The SMILES string of the molecule is CC(=O)c1cccc([C@H]2CCCN2)n1. The molecule has 1 aliphatic rings. The van der Waals surface area contributed by atoms with Gasteiger partial charge in [-0.25, -0.2) is 4.98 Å². The molecule has 3 heteroatoms. The molecule has 2 heterocycles. The van der Waals surface area contributed by atoms with E-state index in [-0.39, 0.29) is 5.78 Å². The number of rotatable bonds is 2. The van der Waals surface area contributed by atoms with E-state index in [0.717, 1.165) is 18.7 Å². The van der Waals surface area contributed by atoms with Crippen molar-refractivity contribution in [1.29, 1.82) is 0 Å². The molecule has 14 heavy (non-hydrogen) atoms. The van der Waals surface area contributed by atoms with Gasteiger partial charge in [-0.3, -0.25) is 4.79 Å². The number of nitrogens with one attached hydrogen (secondary N) is 1. The molecule has 74 valence electrons. The Kier molecular flexibility index (Phi) is 2.59. The zero-order valence-electron chi connectivity index (χ0n) is 8.29. The summed E-state index contributed by atoms with van der Waals surface area (Å²) in [6, 6.07) is 5.99. The van der Waals surface area contributed by atoms with Crippen molar-refractivity contribution in [2.24, 2.45) is 0 Å². The number of Topliss-reactive ketones (excluding diaryl/α,β-unsaturated/α-hetero) is 1. The highest BCUT2D eigenvalue weighted by Crippen LogP contribution is 2.21. The number of hydrogen-bond donors (Lipinski definition) is 1. The van der Waals surface area contributed by atoms with Crippen LogP contribution in [0.4, 0.5) is 0 Å². The molecule has 0 aliphatic carbocycles. The van der Waals surface area contributed by atoms with Gasteiger partial charge in [-0.05, 0) is 31.5 Å². The molecule has 1 N–H and O–H groups in total. The van der Waals surface area contributed by atoms with Gasteiger partial charge in [-0.1, -0.05) is 6.07 Å². The molecule has 1 aromatic heterocycles. The lowest BCUT2D eigenvalue weighted by atomic mass is 10.1. The van der Waals surface area contributed by atoms with Crippen LogP contribution in [0, 0.1) is 0 Å². The van der Waals surface area contributed by atoms with Gasteiger partial charge in [0.1, 0.15) is 5.69 Å². The van der Waals surface area contributed by atoms with Crippen LogP contribution in [0.2, 0.25) is 0 Å². The predicted octanol–water partition coefficient (Wildman–Crippen LogP) is 1.71. The van der Waals surface area contributed by atoms with Crippen molar-refractivity contribution in [3.63, 3.8) is 0 Å². The van der Waals surface area contributed by atoms with E-state index in [1.165, 1.54) is 6.42 Å². The monoisotopic (exact) mass is 190 g/mol. The summed E-state index contributed by atoms with van der Waals surface area (Å²) >= 11 is 0. The average Bonchev–Trinajstić information content (AvgIpc) is 2.71. The Morgan fingerprint density at radius 1 is 1.57 bits per heavy atom. The lowest BCUT2D eigenvalue weighted by Crippen LogP contribution is -2.15. The molecule has 0 spiro atoms. The van der Waals surface area contributed by atoms with Crippen molar-refractivity contribution in [2.45, 2.75) is 25.8 Å². The Bertz CT molecular complexity index is 343. The summed E-state index contributed by atoms with van der Waals surface area (Å²) in [5.74, 6) is 0.0323. The van der Waals surface area contributed by atoms with E-state index < -0.39 is 0 Å². The molecule has 2 rings (SSSR count). The van der Waals surface area contributed by atoms with Crippen LogP contribution in [-0.2, 0) is 0 Å². The molecular weight excluding hydrogens is 176 g/mol. The first kappa shape index (κ1) is 9.34. The molecule has 1 saturated heterocycles. The summed E-state index contributed by atoms with van der Waals surface area (Å²) in [6.07, 6.45) is 2.31. The Morgan fingerprint density at radius 3 is 3.07 bits per heavy atom. The fourth-order valence-corrected chi connectivity index (χ4v) is 1.78. The van der Waals surface area contributed by atoms with Crippen molar-refractivity contribution >= 4 is 5.78 Å². The van der Waals surface area contributed by atoms with Crippen LogP contribution in [0.15, 0.2) is 18.2 Å². The van der Waals surface area contributed by atoms with Crippen molar-refractivity contribution in [3.05, 3.63) is 29.6 Å². The maximum absolute atomic E-state index is 11.1. The molecule has 0 radical (unpaired) electrons. The third-order valence-electron chi connectivity index (χ3n) is 2.55. The van der Waals surface area contributed by atoms with Gasteiger partial charge in [-0.2, -0.15) is 0 Å². The van der Waals surface area contributed by atoms with Crippen LogP contribution in [0.3, 0.4) is 0 Å². The maximum atomic E-state index is 11.1. The molecule has 0 aromatic carbocycles. The molecule has 0 saturated carbocycles. The van der Waals surface area contributed by atoms with Crippen LogP contribution in [0.25, 0.3) is 0 Å². The highest BCUT2D eigenvalue weighted by molar-refractivity contribution is 5.92. The summed E-state index contributed by atoms with van der Waals surface area (Å²) in [4.78, 5) is 15.5. The van der Waals surface area contributed by atoms with Crippen molar-refractivity contribution in [2.75, 3.05) is 6.54 Å². The van der Waals surface area contributed by atoms with Crippen molar-refractivity contribution in [3.8, 4) is 0 Å². The van der Waals surface area contributed by atoms with Gasteiger partial charge in [0.05, 0.1) is 5.69 Å². The number of carbonyl (C=O) groups excluding carboxylic acids is 1. The summed E-state index contributed by atoms with van der Waals surface area (Å²) < 4.78 is 0. The minimum atomic E-state index is 0.0323. The second kappa shape index (κ2) is 3.88. The fraction of sp³-hybridized carbons (Fsp3) is 0.455. The quantitative estimate of drug-likeness (QED) is 0.722. The third kappa shape index (κ3) is 1.82. The van der Waals surface area contributed by atoms with E-state index >= 15 is 0 Å². The smallest absolute Gasteiger partial charge is 0.178 e. The van der Waals surface area contributed by atoms with Gasteiger partial charge >= 0.3 is 0 Å². The van der Waals surface area contributed by atoms with Crippen LogP contribution in [-0.4, -0.2) is 17.3 Å². The average molecular weight is 190 g/mol. The minimum Gasteiger partial charge on any atom is -0.309 e. The first-order valence-electron chi connectivity index (χ1n) is 4.98. The van der Waals surface area contributed by atoms with E-state index in [1.807, 2.05) is 12.1 Å². The molecule has 1 aliphatic heterocycles. The Balaban J connectivity index is 2.25. The summed E-state index contributed by atoms with van der Waals surface area (Å²) in [6.45, 7) is 2.60. The summed E-state index contributed by atoms with van der Waals surface area (Å²) in [5, 5.41) is 3.37. The highest BCUT2D eigenvalue weighted by atomic mass is 16.1. The van der Waals surface area contributed by atoms with Gasteiger partial charge in [0, 0.05) is 13.0 Å². The zero-order chi connectivity index (χ0) is 9.97. The van der Waals surface area contributed by atoms with Crippen LogP contribution < -0.4 is 5.32 Å². The van der Waals surface area contributed by atoms with Crippen molar-refractivity contribution < 1.29 is 4.79 Å². The van der Waals surface area contributed by atoms with Crippen LogP contribution >= 0.6 is 0 Å². The molecule has 0 amide bonds. The molecule has 0 bridgehead atoms. The highest BCUT2D eigenvalue weighted by Gasteiger charge is 2.17. The van der Waals surface area contributed by atoms with Gasteiger partial charge in [0.25, 0.3) is 0 Å². The van der Waals surface area contributed by atoms with Crippen LogP contribution in [0.5, 0.6) is 0 Å². The molecule has 1 atom stereocenters. The standard InChI is InChI=1S/C11H14N2O/c1-8(14)9-4-2-5-11(13-9)10-6-3-7-12-10/h2,4-5,10,12H,3,6-7H2,1H3/t10-/m1/s1. The lowest BCUT2D eigenvalue weighted by Gasteiger charge is -2.09. The Labute approximate surface area is 83.5 Å². The largest absolute Gasteiger partial charge is 0.309 e. The number of pyridine rings is 1. The predicted molar refractivity (Wildman–Crippen MR) is 54.2 cm³/mol. The normalized spacial score (nSPS) is 21.1. The first-order valence-corrected chi connectivity index (χ1v) is 4.98. The number of hydrogen-bond acceptors (Lipinski definition) is 3. The number of carbonyl (C=O) groups is 1. The van der Waals surface area contributed by atoms with Crippen molar-refractivity contribution in [1.82, 2.24) is 10.3 Å². The number of ketones is 1. The summed E-state index contributed by atoms with van der Waals surface area (Å²) in [5.41, 5.74) is 1.56.